The minimum atomic E-state index is -0.107. The molecule has 0 saturated heterocycles. The molecule has 2 heterocycles. The third kappa shape index (κ3) is 5.46. The Morgan fingerprint density at radius 2 is 1.82 bits per heavy atom. The molecule has 2 aromatic carbocycles. The van der Waals surface area contributed by atoms with Crippen LogP contribution < -0.4 is 10.1 Å². The largest absolute Gasteiger partial charge is 0.497 e. The predicted molar refractivity (Wildman–Crippen MR) is 136 cm³/mol. The Kier molecular flexibility index (Phi) is 7.59. The number of hydrogen-bond donors (Lipinski definition) is 1. The van der Waals surface area contributed by atoms with Gasteiger partial charge in [-0.25, -0.2) is 0 Å². The van der Waals surface area contributed by atoms with Crippen molar-refractivity contribution in [2.45, 2.75) is 31.3 Å². The molecule has 0 fully saturated rings. The second-order valence-corrected chi connectivity index (χ2v) is 8.77. The number of thioether (sulfide) groups is 1. The summed E-state index contributed by atoms with van der Waals surface area (Å²) in [6.45, 7) is 4.37. The van der Waals surface area contributed by atoms with E-state index in [0.29, 0.717) is 22.6 Å². The van der Waals surface area contributed by atoms with E-state index in [1.54, 1.807) is 13.3 Å². The number of ether oxygens (including phenoxy) is 1. The molecule has 1 N–H and O–H groups in total. The molecule has 0 saturated carbocycles. The van der Waals surface area contributed by atoms with Gasteiger partial charge in [-0.1, -0.05) is 43.8 Å². The van der Waals surface area contributed by atoms with Crippen molar-refractivity contribution in [3.05, 3.63) is 78.5 Å². The third-order valence-corrected chi connectivity index (χ3v) is 6.50. The van der Waals surface area contributed by atoms with Crippen molar-refractivity contribution in [1.29, 1.82) is 0 Å². The van der Waals surface area contributed by atoms with Crippen LogP contribution in [0, 0.1) is 0 Å². The second-order valence-electron chi connectivity index (χ2n) is 7.82. The lowest BCUT2D eigenvalue weighted by molar-refractivity contribution is -0.113. The number of carbonyl (C=O) groups is 1. The Labute approximate surface area is 203 Å². The summed E-state index contributed by atoms with van der Waals surface area (Å²) >= 11 is 1.32. The van der Waals surface area contributed by atoms with Crippen molar-refractivity contribution in [2.24, 2.45) is 0 Å². The van der Waals surface area contributed by atoms with Gasteiger partial charge in [0, 0.05) is 11.9 Å². The number of nitrogens with zero attached hydrogens (tertiary/aromatic N) is 4. The Bertz CT molecular complexity index is 1220. The standard InChI is InChI=1S/C26H27N5O2S/c1-4-18(2)19-8-10-20(11-9-19)28-24(32)17-34-26-30-29-25(23-7-5-6-16-27-23)31(26)21-12-14-22(33-3)15-13-21/h5-16,18H,4,17H2,1-3H3,(H,28,32). The molecule has 4 aromatic rings. The van der Waals surface area contributed by atoms with E-state index in [1.807, 2.05) is 59.2 Å². The summed E-state index contributed by atoms with van der Waals surface area (Å²) in [6, 6.07) is 21.3. The molecular weight excluding hydrogens is 446 g/mol. The minimum Gasteiger partial charge on any atom is -0.497 e. The van der Waals surface area contributed by atoms with Crippen LogP contribution in [0.3, 0.4) is 0 Å². The fourth-order valence-corrected chi connectivity index (χ4v) is 4.20. The summed E-state index contributed by atoms with van der Waals surface area (Å²) in [5.74, 6) is 1.95. The van der Waals surface area contributed by atoms with Crippen LogP contribution in [0.5, 0.6) is 5.75 Å². The maximum Gasteiger partial charge on any atom is 0.234 e. The average molecular weight is 474 g/mol. The first-order valence-corrected chi connectivity index (χ1v) is 12.1. The maximum absolute atomic E-state index is 12.7. The van der Waals surface area contributed by atoms with Gasteiger partial charge in [-0.05, 0) is 66.4 Å². The zero-order valence-electron chi connectivity index (χ0n) is 19.4. The van der Waals surface area contributed by atoms with E-state index < -0.39 is 0 Å². The molecule has 34 heavy (non-hydrogen) atoms. The lowest BCUT2D eigenvalue weighted by Crippen LogP contribution is -2.14. The number of hydrogen-bond acceptors (Lipinski definition) is 6. The van der Waals surface area contributed by atoms with Crippen molar-refractivity contribution in [3.63, 3.8) is 0 Å². The second kappa shape index (κ2) is 11.0. The van der Waals surface area contributed by atoms with Crippen LogP contribution in [0.25, 0.3) is 17.2 Å². The van der Waals surface area contributed by atoms with E-state index in [9.17, 15) is 4.79 Å². The van der Waals surface area contributed by atoms with Crippen LogP contribution in [0.1, 0.15) is 31.7 Å². The Morgan fingerprint density at radius 3 is 2.47 bits per heavy atom. The van der Waals surface area contributed by atoms with Gasteiger partial charge >= 0.3 is 0 Å². The van der Waals surface area contributed by atoms with Crippen LogP contribution in [0.4, 0.5) is 5.69 Å². The molecule has 4 rings (SSSR count). The van der Waals surface area contributed by atoms with Crippen LogP contribution >= 0.6 is 11.8 Å². The van der Waals surface area contributed by atoms with Crippen LogP contribution in [-0.2, 0) is 4.79 Å². The summed E-state index contributed by atoms with van der Waals surface area (Å²) in [5, 5.41) is 12.3. The van der Waals surface area contributed by atoms with E-state index in [0.717, 1.165) is 23.5 Å². The fraction of sp³-hybridized carbons (Fsp3) is 0.231. The number of carbonyl (C=O) groups excluding carboxylic acids is 1. The van der Waals surface area contributed by atoms with Gasteiger partial charge in [-0.3, -0.25) is 14.3 Å². The van der Waals surface area contributed by atoms with Gasteiger partial charge in [0.15, 0.2) is 11.0 Å². The van der Waals surface area contributed by atoms with Crippen LogP contribution in [0.2, 0.25) is 0 Å². The SMILES string of the molecule is CCC(C)c1ccc(NC(=O)CSc2nnc(-c3ccccn3)n2-c2ccc(OC)cc2)cc1. The van der Waals surface area contributed by atoms with Crippen molar-refractivity contribution in [1.82, 2.24) is 19.7 Å². The van der Waals surface area contributed by atoms with Gasteiger partial charge in [0.1, 0.15) is 11.4 Å². The molecule has 2 aromatic heterocycles. The highest BCUT2D eigenvalue weighted by molar-refractivity contribution is 7.99. The quantitative estimate of drug-likeness (QED) is 0.320. The van der Waals surface area contributed by atoms with Crippen LogP contribution in [0.15, 0.2) is 78.1 Å². The highest BCUT2D eigenvalue weighted by atomic mass is 32.2. The monoisotopic (exact) mass is 473 g/mol. The number of aromatic nitrogens is 4. The molecule has 1 unspecified atom stereocenters. The van der Waals surface area contributed by atoms with E-state index in [-0.39, 0.29) is 11.7 Å². The first kappa shape index (κ1) is 23.5. The number of methoxy groups -OCH3 is 1. The smallest absolute Gasteiger partial charge is 0.234 e. The summed E-state index contributed by atoms with van der Waals surface area (Å²) < 4.78 is 7.19. The molecule has 0 bridgehead atoms. The normalized spacial score (nSPS) is 11.7. The van der Waals surface area contributed by atoms with Gasteiger partial charge in [0.25, 0.3) is 0 Å². The Morgan fingerprint density at radius 1 is 1.06 bits per heavy atom. The Balaban J connectivity index is 1.52. The molecule has 1 amide bonds. The maximum atomic E-state index is 12.7. The molecule has 0 aliphatic carbocycles. The highest BCUT2D eigenvalue weighted by Gasteiger charge is 2.18. The lowest BCUT2D eigenvalue weighted by Gasteiger charge is -2.12. The predicted octanol–water partition coefficient (Wildman–Crippen LogP) is 5.58. The fourth-order valence-electron chi connectivity index (χ4n) is 3.45. The number of pyridine rings is 1. The number of rotatable bonds is 9. The average Bonchev–Trinajstić information content (AvgIpc) is 3.32. The molecule has 1 atom stereocenters. The van der Waals surface area contributed by atoms with E-state index >= 15 is 0 Å². The van der Waals surface area contributed by atoms with E-state index in [4.69, 9.17) is 4.74 Å². The molecule has 174 valence electrons. The van der Waals surface area contributed by atoms with Crippen LogP contribution in [-0.4, -0.2) is 38.5 Å². The number of benzene rings is 2. The molecular formula is C26H27N5O2S. The number of anilines is 1. The van der Waals surface area contributed by atoms with Gasteiger partial charge in [0.05, 0.1) is 18.6 Å². The van der Waals surface area contributed by atoms with E-state index in [1.165, 1.54) is 17.3 Å². The summed E-state index contributed by atoms with van der Waals surface area (Å²) in [7, 11) is 1.63. The zero-order valence-corrected chi connectivity index (χ0v) is 20.2. The minimum absolute atomic E-state index is 0.107. The van der Waals surface area contributed by atoms with Crippen molar-refractivity contribution >= 4 is 23.4 Å². The van der Waals surface area contributed by atoms with Gasteiger partial charge < -0.3 is 10.1 Å². The Hall–Kier alpha value is -3.65. The first-order chi connectivity index (χ1) is 16.6. The van der Waals surface area contributed by atoms with Crippen molar-refractivity contribution in [3.8, 4) is 23.0 Å². The number of nitrogens with one attached hydrogen (secondary N) is 1. The molecule has 8 heteroatoms. The third-order valence-electron chi connectivity index (χ3n) is 5.57. The summed E-state index contributed by atoms with van der Waals surface area (Å²) in [6.07, 6.45) is 2.80. The molecule has 0 radical (unpaired) electrons. The molecule has 7 nitrogen and oxygen atoms in total. The summed E-state index contributed by atoms with van der Waals surface area (Å²) in [4.78, 5) is 17.1. The lowest BCUT2D eigenvalue weighted by atomic mass is 9.99. The van der Waals surface area contributed by atoms with Gasteiger partial charge in [-0.15, -0.1) is 10.2 Å². The topological polar surface area (TPSA) is 81.9 Å². The zero-order chi connectivity index (χ0) is 23.9. The summed E-state index contributed by atoms with van der Waals surface area (Å²) in [5.41, 5.74) is 3.60. The molecule has 0 aliphatic heterocycles. The van der Waals surface area contributed by atoms with E-state index in [2.05, 4.69) is 46.5 Å². The highest BCUT2D eigenvalue weighted by Crippen LogP contribution is 2.28. The first-order valence-electron chi connectivity index (χ1n) is 11.1. The molecule has 0 spiro atoms. The van der Waals surface area contributed by atoms with Crippen molar-refractivity contribution < 1.29 is 9.53 Å². The van der Waals surface area contributed by atoms with Gasteiger partial charge in [-0.2, -0.15) is 0 Å². The van der Waals surface area contributed by atoms with Gasteiger partial charge in [0.2, 0.25) is 5.91 Å². The van der Waals surface area contributed by atoms with Crippen molar-refractivity contribution in [2.75, 3.05) is 18.2 Å². The number of amides is 1. The molecule has 0 aliphatic rings.